The van der Waals surface area contributed by atoms with Crippen LogP contribution >= 0.6 is 11.3 Å². The topological polar surface area (TPSA) is 244 Å². The summed E-state index contributed by atoms with van der Waals surface area (Å²) in [6.45, 7) is 14.1. The Kier molecular flexibility index (Phi) is 25.8. The van der Waals surface area contributed by atoms with Gasteiger partial charge in [0.25, 0.3) is 11.8 Å². The lowest BCUT2D eigenvalue weighted by Gasteiger charge is -2.35. The number of hydrogen-bond acceptors (Lipinski definition) is 15. The minimum atomic E-state index is -0.985. The molecule has 3 aromatic rings. The monoisotopic (exact) mass is 1120 g/mol. The van der Waals surface area contributed by atoms with E-state index in [0.717, 1.165) is 117 Å². The van der Waals surface area contributed by atoms with Crippen molar-refractivity contribution in [1.82, 2.24) is 30.7 Å². The van der Waals surface area contributed by atoms with Crippen LogP contribution in [0.3, 0.4) is 0 Å². The minimum Gasteiger partial charge on any atom is -0.391 e. The summed E-state index contributed by atoms with van der Waals surface area (Å²) in [6, 6.07) is 10.3. The maximum atomic E-state index is 14.0. The number of hydrogen-bond donors (Lipinski definition) is 5. The fourth-order valence-corrected chi connectivity index (χ4v) is 10.7. The van der Waals surface area contributed by atoms with E-state index in [4.69, 9.17) is 18.9 Å². The van der Waals surface area contributed by atoms with Crippen LogP contribution in [-0.2, 0) is 49.5 Å². The molecule has 0 aliphatic carbocycles. The van der Waals surface area contributed by atoms with Gasteiger partial charge in [0.05, 0.1) is 33.3 Å². The molecule has 0 spiro atoms. The molecule has 4 heterocycles. The Hall–Kier alpha value is -5.64. The van der Waals surface area contributed by atoms with E-state index in [0.29, 0.717) is 58.3 Å². The number of benzene rings is 2. The number of thiazole rings is 1. The number of rotatable bonds is 36. The van der Waals surface area contributed by atoms with Gasteiger partial charge in [-0.15, -0.1) is 11.3 Å². The quantitative estimate of drug-likeness (QED) is 0.0284. The number of likely N-dealkylation sites (tertiary alicyclic amines) is 1. The summed E-state index contributed by atoms with van der Waals surface area (Å²) in [5, 5.41) is 22.0. The molecule has 1 unspecified atom stereocenters. The number of amides is 7. The number of ether oxygens (including phenoxy) is 4. The summed E-state index contributed by atoms with van der Waals surface area (Å²) < 4.78 is 23.2. The summed E-state index contributed by atoms with van der Waals surface area (Å²) in [5.74, 6) is -2.97. The summed E-state index contributed by atoms with van der Waals surface area (Å²) in [6.07, 6.45) is 11.6. The van der Waals surface area contributed by atoms with Crippen molar-refractivity contribution in [2.45, 2.75) is 168 Å². The number of aromatic nitrogens is 1. The van der Waals surface area contributed by atoms with Gasteiger partial charge in [-0.05, 0) is 106 Å². The lowest BCUT2D eigenvalue weighted by atomic mass is 9.85. The molecule has 2 saturated heterocycles. The van der Waals surface area contributed by atoms with Crippen molar-refractivity contribution in [3.05, 3.63) is 70.4 Å². The number of fused-ring (bicyclic) bond motifs is 1. The Morgan fingerprint density at radius 2 is 1.35 bits per heavy atom. The van der Waals surface area contributed by atoms with Crippen molar-refractivity contribution in [3.8, 4) is 10.4 Å². The molecule has 0 saturated carbocycles. The molecular weight excluding hydrogens is 1030 g/mol. The number of anilines is 1. The van der Waals surface area contributed by atoms with Gasteiger partial charge in [-0.2, -0.15) is 0 Å². The lowest BCUT2D eigenvalue weighted by Crippen LogP contribution is -2.57. The molecule has 4 atom stereocenters. The van der Waals surface area contributed by atoms with Crippen LogP contribution in [0.25, 0.3) is 10.4 Å². The van der Waals surface area contributed by atoms with Crippen LogP contribution in [0.1, 0.15) is 162 Å². The standard InChI is InChI=1S/C59H85N7O12S/c1-41-52(79-40-62-41)43-24-22-42(23-25-43)38-61-54(70)48-37-44(67)39-65(48)58(74)53(59(2,3)4)63-49(68)21-8-7-11-30-76-32-13-15-34-78-36-17-16-35-77-33-14-12-31-75-29-10-6-5-9-28-60-46-20-18-19-45-51(46)57(73)66(56(45)72)47-26-27-50(69)64-55(47)71/h18-20,22-25,40,44,47-48,53,60,67H,5-17,21,26-39H2,1-4H3,(H,61,70)(H,63,68)(H,64,69,71)/t44-,47?,48+,53-/m1/s1. The van der Waals surface area contributed by atoms with Crippen LogP contribution in [0.15, 0.2) is 48.0 Å². The highest BCUT2D eigenvalue weighted by molar-refractivity contribution is 7.13. The third-order valence-electron chi connectivity index (χ3n) is 14.4. The van der Waals surface area contributed by atoms with Crippen LogP contribution in [0.5, 0.6) is 0 Å². The molecule has 7 amide bonds. The largest absolute Gasteiger partial charge is 0.391 e. The third kappa shape index (κ3) is 19.6. The predicted octanol–water partition coefficient (Wildman–Crippen LogP) is 7.27. The Labute approximate surface area is 470 Å². The fraction of sp³-hybridized carbons (Fsp3) is 0.627. The molecule has 6 rings (SSSR count). The van der Waals surface area contributed by atoms with Gasteiger partial charge in [-0.1, -0.05) is 70.4 Å². The molecule has 0 bridgehead atoms. The molecule has 1 aromatic heterocycles. The first-order valence-electron chi connectivity index (χ1n) is 28.6. The first-order chi connectivity index (χ1) is 38.1. The highest BCUT2D eigenvalue weighted by atomic mass is 32.1. The first kappa shape index (κ1) is 62.6. The Morgan fingerprint density at radius 3 is 1.92 bits per heavy atom. The molecule has 5 N–H and O–H groups in total. The second-order valence-corrected chi connectivity index (χ2v) is 22.7. The summed E-state index contributed by atoms with van der Waals surface area (Å²) in [7, 11) is 0. The molecule has 2 fully saturated rings. The van der Waals surface area contributed by atoms with Crippen molar-refractivity contribution in [2.75, 3.05) is 71.3 Å². The van der Waals surface area contributed by atoms with E-state index in [2.05, 4.69) is 26.3 Å². The van der Waals surface area contributed by atoms with Crippen LogP contribution in [-0.4, -0.2) is 151 Å². The van der Waals surface area contributed by atoms with Gasteiger partial charge in [0.15, 0.2) is 0 Å². The maximum Gasteiger partial charge on any atom is 0.264 e. The minimum absolute atomic E-state index is 0.0267. The number of unbranched alkanes of at least 4 members (excludes halogenated alkanes) is 8. The number of imide groups is 2. The Bertz CT molecular complexity index is 2460. The highest BCUT2D eigenvalue weighted by Gasteiger charge is 2.46. The molecule has 19 nitrogen and oxygen atoms in total. The van der Waals surface area contributed by atoms with Crippen molar-refractivity contribution in [3.63, 3.8) is 0 Å². The van der Waals surface area contributed by atoms with E-state index in [9.17, 15) is 38.7 Å². The second-order valence-electron chi connectivity index (χ2n) is 21.8. The normalized spacial score (nSPS) is 17.8. The predicted molar refractivity (Wildman–Crippen MR) is 301 cm³/mol. The average Bonchev–Trinajstić information content (AvgIpc) is 4.22. The summed E-state index contributed by atoms with van der Waals surface area (Å²) in [4.78, 5) is 98.6. The Morgan fingerprint density at radius 1 is 0.772 bits per heavy atom. The summed E-state index contributed by atoms with van der Waals surface area (Å²) in [5.41, 5.74) is 5.27. The molecule has 434 valence electrons. The number of carbonyl (C=O) groups is 7. The number of aliphatic hydroxyl groups is 1. The molecule has 0 radical (unpaired) electrons. The maximum absolute atomic E-state index is 14.0. The number of aryl methyl sites for hydroxylation is 1. The number of aliphatic hydroxyl groups excluding tert-OH is 1. The fourth-order valence-electron chi connectivity index (χ4n) is 9.88. The van der Waals surface area contributed by atoms with Gasteiger partial charge in [-0.25, -0.2) is 4.98 Å². The number of carbonyl (C=O) groups excluding carboxylic acids is 7. The molecule has 79 heavy (non-hydrogen) atoms. The van der Waals surface area contributed by atoms with Gasteiger partial charge in [0.1, 0.15) is 18.1 Å². The van der Waals surface area contributed by atoms with Gasteiger partial charge in [-0.3, -0.25) is 43.8 Å². The SMILES string of the molecule is Cc1ncsc1-c1ccc(CNC(=O)[C@@H]2C[C@@H](O)CN2C(=O)[C@@H](NC(=O)CCCCCOCCCCOCCCCOCCCCOCCCCCCNc2cccc3c2C(=O)N(C2CCC(=O)NC2=O)C3=O)C(C)(C)C)cc1. The zero-order valence-corrected chi connectivity index (χ0v) is 47.7. The van der Waals surface area contributed by atoms with E-state index in [-0.39, 0.29) is 67.6 Å². The molecule has 3 aliphatic heterocycles. The third-order valence-corrected chi connectivity index (χ3v) is 15.4. The average molecular weight is 1120 g/mol. The van der Waals surface area contributed by atoms with E-state index >= 15 is 0 Å². The highest BCUT2D eigenvalue weighted by Crippen LogP contribution is 2.33. The smallest absolute Gasteiger partial charge is 0.264 e. The number of β-amino-alcohol motifs (C(OH)–C–C–N with tert-alkyl or cyclic N) is 1. The second kappa shape index (κ2) is 32.6. The van der Waals surface area contributed by atoms with Crippen LogP contribution < -0.4 is 21.3 Å². The molecule has 2 aromatic carbocycles. The number of piperidine rings is 1. The van der Waals surface area contributed by atoms with E-state index in [1.54, 1.807) is 29.5 Å². The van der Waals surface area contributed by atoms with Crippen molar-refractivity contribution >= 4 is 58.4 Å². The van der Waals surface area contributed by atoms with Gasteiger partial charge in [0, 0.05) is 97.4 Å². The van der Waals surface area contributed by atoms with Crippen molar-refractivity contribution in [1.29, 1.82) is 0 Å². The molecular formula is C59H85N7O12S. The molecule has 20 heteroatoms. The van der Waals surface area contributed by atoms with Gasteiger partial charge < -0.3 is 44.9 Å². The zero-order chi connectivity index (χ0) is 56.6. The van der Waals surface area contributed by atoms with Crippen molar-refractivity contribution in [2.24, 2.45) is 5.41 Å². The number of nitrogens with zero attached hydrogens (tertiary/aromatic N) is 3. The number of nitrogens with one attached hydrogen (secondary N) is 4. The van der Waals surface area contributed by atoms with Crippen LogP contribution in [0.2, 0.25) is 0 Å². The Balaban J connectivity index is 0.684. The van der Waals surface area contributed by atoms with E-state index < -0.39 is 53.3 Å². The van der Waals surface area contributed by atoms with E-state index in [1.165, 1.54) is 4.90 Å². The van der Waals surface area contributed by atoms with Gasteiger partial charge >= 0.3 is 0 Å². The summed E-state index contributed by atoms with van der Waals surface area (Å²) >= 11 is 1.58. The van der Waals surface area contributed by atoms with E-state index in [1.807, 2.05) is 57.5 Å². The molecule has 3 aliphatic rings. The first-order valence-corrected chi connectivity index (χ1v) is 29.5. The zero-order valence-electron chi connectivity index (χ0n) is 46.9. The van der Waals surface area contributed by atoms with Crippen LogP contribution in [0, 0.1) is 12.3 Å². The van der Waals surface area contributed by atoms with Gasteiger partial charge in [0.2, 0.25) is 29.5 Å². The van der Waals surface area contributed by atoms with Crippen LogP contribution in [0.4, 0.5) is 5.69 Å². The van der Waals surface area contributed by atoms with Crippen molar-refractivity contribution < 1.29 is 57.6 Å². The lowest BCUT2D eigenvalue weighted by molar-refractivity contribution is -0.144.